The molecular weight excluding hydrogens is 267 g/mol. The van der Waals surface area contributed by atoms with Crippen LogP contribution in [-0.2, 0) is 9.59 Å². The number of carbonyl (C=O) groups excluding carboxylic acids is 2. The average Bonchev–Trinajstić information content (AvgIpc) is 2.41. The van der Waals surface area contributed by atoms with E-state index in [4.69, 9.17) is 5.11 Å². The van der Waals surface area contributed by atoms with Crippen LogP contribution in [0, 0.1) is 5.82 Å². The number of piperazine rings is 1. The highest BCUT2D eigenvalue weighted by Crippen LogP contribution is 2.14. The summed E-state index contributed by atoms with van der Waals surface area (Å²) in [4.78, 5) is 36.0. The van der Waals surface area contributed by atoms with Gasteiger partial charge >= 0.3 is 5.97 Å². The first-order valence-corrected chi connectivity index (χ1v) is 6.05. The van der Waals surface area contributed by atoms with Crippen molar-refractivity contribution >= 4 is 17.8 Å². The lowest BCUT2D eigenvalue weighted by Crippen LogP contribution is -2.57. The van der Waals surface area contributed by atoms with Crippen molar-refractivity contribution in [3.05, 3.63) is 35.6 Å². The maximum atomic E-state index is 12.8. The summed E-state index contributed by atoms with van der Waals surface area (Å²) in [7, 11) is 0. The highest BCUT2D eigenvalue weighted by Gasteiger charge is 2.35. The molecule has 0 aromatic heterocycles. The smallest absolute Gasteiger partial charge is 0.305 e. The summed E-state index contributed by atoms with van der Waals surface area (Å²) in [5.74, 6) is -2.61. The van der Waals surface area contributed by atoms with Gasteiger partial charge in [0, 0.05) is 18.7 Å². The van der Waals surface area contributed by atoms with Crippen molar-refractivity contribution in [1.82, 2.24) is 10.2 Å². The number of nitrogens with one attached hydrogen (secondary N) is 1. The zero-order valence-electron chi connectivity index (χ0n) is 10.5. The van der Waals surface area contributed by atoms with Gasteiger partial charge in [0.1, 0.15) is 11.9 Å². The van der Waals surface area contributed by atoms with Crippen LogP contribution in [0.1, 0.15) is 16.8 Å². The van der Waals surface area contributed by atoms with E-state index >= 15 is 0 Å². The molecule has 1 aromatic carbocycles. The molecule has 1 fully saturated rings. The molecule has 1 atom stereocenters. The van der Waals surface area contributed by atoms with E-state index in [0.717, 1.165) is 12.1 Å². The van der Waals surface area contributed by atoms with Crippen LogP contribution in [0.2, 0.25) is 0 Å². The Morgan fingerprint density at radius 1 is 1.35 bits per heavy atom. The number of rotatable bonds is 3. The molecule has 2 amide bonds. The van der Waals surface area contributed by atoms with E-state index in [2.05, 4.69) is 5.32 Å². The van der Waals surface area contributed by atoms with E-state index in [9.17, 15) is 18.8 Å². The van der Waals surface area contributed by atoms with Crippen molar-refractivity contribution in [1.29, 1.82) is 0 Å². The molecule has 1 aliphatic rings. The summed E-state index contributed by atoms with van der Waals surface area (Å²) in [5.41, 5.74) is 0.219. The van der Waals surface area contributed by atoms with Gasteiger partial charge in [-0.1, -0.05) is 0 Å². The Bertz CT molecular complexity index is 544. The van der Waals surface area contributed by atoms with Gasteiger partial charge in [-0.3, -0.25) is 14.4 Å². The molecule has 0 radical (unpaired) electrons. The van der Waals surface area contributed by atoms with Gasteiger partial charge in [0.25, 0.3) is 5.91 Å². The van der Waals surface area contributed by atoms with E-state index in [-0.39, 0.29) is 18.7 Å². The van der Waals surface area contributed by atoms with Gasteiger partial charge in [0.15, 0.2) is 0 Å². The van der Waals surface area contributed by atoms with Crippen molar-refractivity contribution in [2.75, 3.05) is 13.1 Å². The van der Waals surface area contributed by atoms with E-state index in [1.807, 2.05) is 0 Å². The molecule has 0 saturated carbocycles. The van der Waals surface area contributed by atoms with Gasteiger partial charge in [0.2, 0.25) is 5.91 Å². The van der Waals surface area contributed by atoms with Crippen LogP contribution < -0.4 is 5.32 Å². The summed E-state index contributed by atoms with van der Waals surface area (Å²) in [6, 6.07) is 3.86. The summed E-state index contributed by atoms with van der Waals surface area (Å²) < 4.78 is 12.8. The highest BCUT2D eigenvalue weighted by molar-refractivity contribution is 5.99. The number of carboxylic acids is 1. The van der Waals surface area contributed by atoms with Crippen LogP contribution in [0.15, 0.2) is 24.3 Å². The van der Waals surface area contributed by atoms with Crippen LogP contribution in [0.25, 0.3) is 0 Å². The molecule has 7 heteroatoms. The summed E-state index contributed by atoms with van der Waals surface area (Å²) >= 11 is 0. The molecule has 1 saturated heterocycles. The van der Waals surface area contributed by atoms with Gasteiger partial charge in [-0.25, -0.2) is 4.39 Å². The Labute approximate surface area is 114 Å². The lowest BCUT2D eigenvalue weighted by molar-refractivity contribution is -0.142. The molecule has 0 bridgehead atoms. The molecule has 2 rings (SSSR count). The molecular formula is C13H13FN2O4. The third-order valence-corrected chi connectivity index (χ3v) is 3.05. The molecule has 0 aliphatic carbocycles. The van der Waals surface area contributed by atoms with Crippen molar-refractivity contribution < 1.29 is 23.9 Å². The zero-order chi connectivity index (χ0) is 14.7. The Balaban J connectivity index is 2.23. The molecule has 106 valence electrons. The first kappa shape index (κ1) is 14.0. The van der Waals surface area contributed by atoms with Crippen LogP contribution in [-0.4, -0.2) is 46.9 Å². The minimum absolute atomic E-state index is 0.219. The average molecular weight is 280 g/mol. The molecule has 2 N–H and O–H groups in total. The molecule has 1 unspecified atom stereocenters. The Hall–Kier alpha value is -2.44. The van der Waals surface area contributed by atoms with Crippen molar-refractivity contribution in [2.24, 2.45) is 0 Å². The van der Waals surface area contributed by atoms with Crippen LogP contribution >= 0.6 is 0 Å². The third kappa shape index (κ3) is 2.93. The minimum Gasteiger partial charge on any atom is -0.481 e. The lowest BCUT2D eigenvalue weighted by Gasteiger charge is -2.34. The maximum absolute atomic E-state index is 12.8. The Morgan fingerprint density at radius 2 is 2.00 bits per heavy atom. The molecule has 0 spiro atoms. The standard InChI is InChI=1S/C13H13FN2O4/c14-9-3-1-8(2-4-9)13(20)16-6-5-15-12(19)10(16)7-11(17)18/h1-4,10H,5-7H2,(H,15,19)(H,17,18). The Morgan fingerprint density at radius 3 is 2.60 bits per heavy atom. The monoisotopic (exact) mass is 280 g/mol. The first-order chi connectivity index (χ1) is 9.49. The number of halogens is 1. The van der Waals surface area contributed by atoms with Gasteiger partial charge in [0.05, 0.1) is 6.42 Å². The molecule has 1 heterocycles. The second kappa shape index (κ2) is 5.68. The number of carboxylic acid groups (broad SMARTS) is 1. The van der Waals surface area contributed by atoms with E-state index < -0.39 is 36.1 Å². The van der Waals surface area contributed by atoms with E-state index in [0.29, 0.717) is 0 Å². The molecule has 1 aliphatic heterocycles. The third-order valence-electron chi connectivity index (χ3n) is 3.05. The maximum Gasteiger partial charge on any atom is 0.305 e. The fourth-order valence-corrected chi connectivity index (χ4v) is 2.08. The SMILES string of the molecule is O=C(O)CC1C(=O)NCCN1C(=O)c1ccc(F)cc1. The predicted octanol–water partition coefficient (Wildman–Crippen LogP) is 0.241. The zero-order valence-corrected chi connectivity index (χ0v) is 10.5. The van der Waals surface area contributed by atoms with Gasteiger partial charge < -0.3 is 15.3 Å². The van der Waals surface area contributed by atoms with Crippen LogP contribution in [0.3, 0.4) is 0 Å². The number of hydrogen-bond acceptors (Lipinski definition) is 3. The van der Waals surface area contributed by atoms with Crippen LogP contribution in [0.5, 0.6) is 0 Å². The number of benzene rings is 1. The molecule has 20 heavy (non-hydrogen) atoms. The predicted molar refractivity (Wildman–Crippen MR) is 66.5 cm³/mol. The van der Waals surface area contributed by atoms with Crippen molar-refractivity contribution in [3.63, 3.8) is 0 Å². The quantitative estimate of drug-likeness (QED) is 0.830. The van der Waals surface area contributed by atoms with Gasteiger partial charge in [-0.15, -0.1) is 0 Å². The fraction of sp³-hybridized carbons (Fsp3) is 0.308. The Kier molecular flexibility index (Phi) is 3.97. The highest BCUT2D eigenvalue weighted by atomic mass is 19.1. The van der Waals surface area contributed by atoms with E-state index in [1.54, 1.807) is 0 Å². The lowest BCUT2D eigenvalue weighted by atomic mass is 10.1. The number of hydrogen-bond donors (Lipinski definition) is 2. The van der Waals surface area contributed by atoms with Crippen LogP contribution in [0.4, 0.5) is 4.39 Å². The molecule has 6 nitrogen and oxygen atoms in total. The van der Waals surface area contributed by atoms with Crippen molar-refractivity contribution in [2.45, 2.75) is 12.5 Å². The summed E-state index contributed by atoms with van der Waals surface area (Å²) in [5, 5.41) is 11.3. The second-order valence-corrected chi connectivity index (χ2v) is 4.41. The number of carbonyl (C=O) groups is 3. The normalized spacial score (nSPS) is 18.6. The second-order valence-electron chi connectivity index (χ2n) is 4.41. The topological polar surface area (TPSA) is 86.7 Å². The fourth-order valence-electron chi connectivity index (χ4n) is 2.08. The first-order valence-electron chi connectivity index (χ1n) is 6.05. The minimum atomic E-state index is -1.16. The number of amides is 2. The van der Waals surface area contributed by atoms with E-state index in [1.165, 1.54) is 17.0 Å². The number of aliphatic carboxylic acids is 1. The van der Waals surface area contributed by atoms with Gasteiger partial charge in [-0.05, 0) is 24.3 Å². The van der Waals surface area contributed by atoms with Gasteiger partial charge in [-0.2, -0.15) is 0 Å². The molecule has 1 aromatic rings. The number of nitrogens with zero attached hydrogens (tertiary/aromatic N) is 1. The van der Waals surface area contributed by atoms with Crippen molar-refractivity contribution in [3.8, 4) is 0 Å². The summed E-state index contributed by atoms with van der Waals surface area (Å²) in [6.07, 6.45) is -0.460. The largest absolute Gasteiger partial charge is 0.481 e. The summed E-state index contributed by atoms with van der Waals surface area (Å²) in [6.45, 7) is 0.488.